The molecular formula is C19H30N4O6. The van der Waals surface area contributed by atoms with Crippen molar-refractivity contribution in [3.63, 3.8) is 0 Å². The Bertz CT molecular complexity index is 683. The van der Waals surface area contributed by atoms with Gasteiger partial charge in [-0.3, -0.25) is 19.2 Å². The minimum absolute atomic E-state index is 0.0572. The lowest BCUT2D eigenvalue weighted by Gasteiger charge is -2.35. The molecule has 0 aromatic rings. The lowest BCUT2D eigenvalue weighted by Crippen LogP contribution is -2.58. The number of hydrogen-bond donors (Lipinski definition) is 3. The summed E-state index contributed by atoms with van der Waals surface area (Å²) in [6.45, 7) is 5.34. The molecule has 3 N–H and O–H groups in total. The van der Waals surface area contributed by atoms with Crippen molar-refractivity contribution in [2.45, 2.75) is 64.6 Å². The van der Waals surface area contributed by atoms with E-state index in [0.717, 1.165) is 12.8 Å². The van der Waals surface area contributed by atoms with E-state index >= 15 is 0 Å². The van der Waals surface area contributed by atoms with Gasteiger partial charge in [-0.1, -0.05) is 20.8 Å². The molecule has 4 amide bonds. The van der Waals surface area contributed by atoms with Crippen LogP contribution in [0.5, 0.6) is 0 Å². The SMILES string of the molecule is COC(=O)N[C@H](C(=O)N1CCCC1C(=O)NCC(=O)C(=O)NC1CC1)C(C)(C)C. The zero-order valence-corrected chi connectivity index (χ0v) is 17.4. The number of alkyl carbamates (subject to hydrolysis) is 1. The molecule has 1 unspecified atom stereocenters. The molecule has 2 atom stereocenters. The number of nitrogens with zero attached hydrogens (tertiary/aromatic N) is 1. The number of methoxy groups -OCH3 is 1. The van der Waals surface area contributed by atoms with Crippen LogP contribution >= 0.6 is 0 Å². The standard InChI is InChI=1S/C19H30N4O6/c1-19(2,3)14(22-18(28)29-4)17(27)23-9-5-6-12(23)15(25)20-10-13(24)16(26)21-11-7-8-11/h11-12,14H,5-10H2,1-4H3,(H,20,25)(H,21,26)(H,22,28)/t12?,14-/m1/s1. The first-order chi connectivity index (χ1) is 13.5. The van der Waals surface area contributed by atoms with Gasteiger partial charge in [0.1, 0.15) is 12.1 Å². The summed E-state index contributed by atoms with van der Waals surface area (Å²) in [6, 6.07) is -1.58. The second-order valence-electron chi connectivity index (χ2n) is 8.51. The summed E-state index contributed by atoms with van der Waals surface area (Å²) >= 11 is 0. The third kappa shape index (κ3) is 6.16. The third-order valence-electron chi connectivity index (χ3n) is 4.99. The van der Waals surface area contributed by atoms with E-state index in [2.05, 4.69) is 20.7 Å². The van der Waals surface area contributed by atoms with E-state index in [9.17, 15) is 24.0 Å². The zero-order valence-electron chi connectivity index (χ0n) is 17.4. The van der Waals surface area contributed by atoms with E-state index < -0.39 is 53.6 Å². The summed E-state index contributed by atoms with van der Waals surface area (Å²) in [7, 11) is 1.21. The first-order valence-electron chi connectivity index (χ1n) is 9.81. The number of ketones is 1. The molecule has 10 heteroatoms. The number of Topliss-reactive ketones (excluding diaryl/α,β-unsaturated/α-hetero) is 1. The van der Waals surface area contributed by atoms with Crippen LogP contribution in [0, 0.1) is 5.41 Å². The number of ether oxygens (including phenoxy) is 1. The highest BCUT2D eigenvalue weighted by molar-refractivity contribution is 6.37. The number of hydrogen-bond acceptors (Lipinski definition) is 6. The van der Waals surface area contributed by atoms with Crippen molar-refractivity contribution in [1.82, 2.24) is 20.9 Å². The Labute approximate surface area is 170 Å². The predicted octanol–water partition coefficient (Wildman–Crippen LogP) is -0.288. The Morgan fingerprint density at radius 3 is 2.31 bits per heavy atom. The van der Waals surface area contributed by atoms with Crippen molar-refractivity contribution in [3.05, 3.63) is 0 Å². The van der Waals surface area contributed by atoms with Crippen LogP contribution in [-0.4, -0.2) is 72.8 Å². The fraction of sp³-hybridized carbons (Fsp3) is 0.737. The van der Waals surface area contributed by atoms with E-state index in [-0.39, 0.29) is 6.04 Å². The molecule has 162 valence electrons. The van der Waals surface area contributed by atoms with Gasteiger partial charge >= 0.3 is 6.09 Å². The normalized spacial score (nSPS) is 19.9. The highest BCUT2D eigenvalue weighted by Gasteiger charge is 2.42. The molecule has 1 aliphatic heterocycles. The molecule has 10 nitrogen and oxygen atoms in total. The third-order valence-corrected chi connectivity index (χ3v) is 4.99. The number of likely N-dealkylation sites (tertiary alicyclic amines) is 1. The quantitative estimate of drug-likeness (QED) is 0.494. The summed E-state index contributed by atoms with van der Waals surface area (Å²) < 4.78 is 4.61. The minimum Gasteiger partial charge on any atom is -0.453 e. The van der Waals surface area contributed by atoms with Gasteiger partial charge in [-0.15, -0.1) is 0 Å². The second-order valence-corrected chi connectivity index (χ2v) is 8.51. The summed E-state index contributed by atoms with van der Waals surface area (Å²) in [5, 5.41) is 7.57. The summed E-state index contributed by atoms with van der Waals surface area (Å²) in [4.78, 5) is 62.3. The van der Waals surface area contributed by atoms with Crippen LogP contribution in [0.25, 0.3) is 0 Å². The van der Waals surface area contributed by atoms with E-state index in [1.807, 2.05) is 0 Å². The van der Waals surface area contributed by atoms with Crippen LogP contribution in [0.1, 0.15) is 46.5 Å². The van der Waals surface area contributed by atoms with Gasteiger partial charge in [0.15, 0.2) is 0 Å². The number of rotatable bonds is 7. The van der Waals surface area contributed by atoms with Crippen LogP contribution in [0.15, 0.2) is 0 Å². The fourth-order valence-electron chi connectivity index (χ4n) is 3.15. The molecule has 0 aromatic heterocycles. The van der Waals surface area contributed by atoms with E-state index in [1.54, 1.807) is 20.8 Å². The molecule has 0 spiro atoms. The van der Waals surface area contributed by atoms with E-state index in [0.29, 0.717) is 19.4 Å². The highest BCUT2D eigenvalue weighted by atomic mass is 16.5. The predicted molar refractivity (Wildman–Crippen MR) is 103 cm³/mol. The van der Waals surface area contributed by atoms with Crippen molar-refractivity contribution in [3.8, 4) is 0 Å². The largest absolute Gasteiger partial charge is 0.453 e. The summed E-state index contributed by atoms with van der Waals surface area (Å²) in [6.07, 6.45) is 2.05. The minimum atomic E-state index is -0.880. The Kier molecular flexibility index (Phi) is 7.21. The monoisotopic (exact) mass is 410 g/mol. The van der Waals surface area contributed by atoms with Crippen LogP contribution < -0.4 is 16.0 Å². The molecule has 0 aromatic carbocycles. The topological polar surface area (TPSA) is 134 Å². The average molecular weight is 410 g/mol. The molecule has 2 fully saturated rings. The Morgan fingerprint density at radius 2 is 1.76 bits per heavy atom. The van der Waals surface area contributed by atoms with Gasteiger partial charge in [0.2, 0.25) is 17.6 Å². The average Bonchev–Trinajstić information content (AvgIpc) is 3.33. The summed E-state index contributed by atoms with van der Waals surface area (Å²) in [5.74, 6) is -2.31. The molecule has 1 saturated heterocycles. The van der Waals surface area contributed by atoms with Gasteiger partial charge < -0.3 is 25.6 Å². The Morgan fingerprint density at radius 1 is 1.10 bits per heavy atom. The number of nitrogens with one attached hydrogen (secondary N) is 3. The number of carbonyl (C=O) groups excluding carboxylic acids is 5. The molecule has 2 rings (SSSR count). The maximum absolute atomic E-state index is 13.1. The highest BCUT2D eigenvalue weighted by Crippen LogP contribution is 2.26. The Hall–Kier alpha value is -2.65. The maximum Gasteiger partial charge on any atom is 0.407 e. The zero-order chi connectivity index (χ0) is 21.8. The maximum atomic E-state index is 13.1. The van der Waals surface area contributed by atoms with E-state index in [4.69, 9.17) is 0 Å². The van der Waals surface area contributed by atoms with Crippen LogP contribution in [0.3, 0.4) is 0 Å². The lowest BCUT2D eigenvalue weighted by atomic mass is 9.85. The second kappa shape index (κ2) is 9.23. The van der Waals surface area contributed by atoms with Crippen LogP contribution in [0.4, 0.5) is 4.79 Å². The van der Waals surface area contributed by atoms with Crippen molar-refractivity contribution in [2.75, 3.05) is 20.2 Å². The van der Waals surface area contributed by atoms with Gasteiger partial charge in [0, 0.05) is 12.6 Å². The molecule has 0 radical (unpaired) electrons. The van der Waals surface area contributed by atoms with Crippen molar-refractivity contribution >= 4 is 29.6 Å². The molecule has 1 saturated carbocycles. The van der Waals surface area contributed by atoms with Gasteiger partial charge in [-0.2, -0.15) is 0 Å². The number of amides is 4. The van der Waals surface area contributed by atoms with Crippen molar-refractivity contribution < 1.29 is 28.7 Å². The molecule has 2 aliphatic rings. The molecule has 29 heavy (non-hydrogen) atoms. The Balaban J connectivity index is 1.98. The first kappa shape index (κ1) is 22.6. The van der Waals surface area contributed by atoms with Gasteiger partial charge in [-0.25, -0.2) is 4.79 Å². The summed E-state index contributed by atoms with van der Waals surface area (Å²) in [5.41, 5.74) is -0.605. The van der Waals surface area contributed by atoms with Crippen LogP contribution in [0.2, 0.25) is 0 Å². The molecule has 0 bridgehead atoms. The van der Waals surface area contributed by atoms with Gasteiger partial charge in [0.25, 0.3) is 5.91 Å². The van der Waals surface area contributed by atoms with Crippen molar-refractivity contribution in [1.29, 1.82) is 0 Å². The first-order valence-corrected chi connectivity index (χ1v) is 9.81. The molecule has 1 aliphatic carbocycles. The lowest BCUT2D eigenvalue weighted by molar-refractivity contribution is -0.142. The smallest absolute Gasteiger partial charge is 0.407 e. The van der Waals surface area contributed by atoms with Gasteiger partial charge in [0.05, 0.1) is 13.7 Å². The molecular weight excluding hydrogens is 380 g/mol. The van der Waals surface area contributed by atoms with Crippen LogP contribution in [-0.2, 0) is 23.9 Å². The fourth-order valence-corrected chi connectivity index (χ4v) is 3.15. The molecule has 1 heterocycles. The van der Waals surface area contributed by atoms with E-state index in [1.165, 1.54) is 12.0 Å². The van der Waals surface area contributed by atoms with Gasteiger partial charge in [-0.05, 0) is 31.1 Å². The number of carbonyl (C=O) groups is 5. The van der Waals surface area contributed by atoms with Crippen molar-refractivity contribution in [2.24, 2.45) is 5.41 Å².